The van der Waals surface area contributed by atoms with Gasteiger partial charge in [-0.05, 0) is 31.2 Å². The van der Waals surface area contributed by atoms with Crippen LogP contribution in [0.1, 0.15) is 21.0 Å². The van der Waals surface area contributed by atoms with Crippen LogP contribution in [0.15, 0.2) is 36.7 Å². The van der Waals surface area contributed by atoms with Crippen molar-refractivity contribution >= 4 is 23.2 Å². The van der Waals surface area contributed by atoms with E-state index in [1.54, 1.807) is 30.6 Å². The van der Waals surface area contributed by atoms with Crippen LogP contribution in [0.2, 0.25) is 0 Å². The Morgan fingerprint density at radius 1 is 1.39 bits per heavy atom. The van der Waals surface area contributed by atoms with Crippen molar-refractivity contribution in [2.24, 2.45) is 5.73 Å². The monoisotopic (exact) mass is 331 g/mol. The van der Waals surface area contributed by atoms with Gasteiger partial charge in [-0.2, -0.15) is 0 Å². The first-order chi connectivity index (χ1) is 11.0. The van der Waals surface area contributed by atoms with Gasteiger partial charge in [-0.3, -0.25) is 14.6 Å². The average molecular weight is 331 g/mol. The summed E-state index contributed by atoms with van der Waals surface area (Å²) in [4.78, 5) is 31.5. The number of nitrogens with two attached hydrogens (primary N) is 1. The number of carbonyl (C=O) groups is 2. The maximum absolute atomic E-state index is 12.6. The van der Waals surface area contributed by atoms with Gasteiger partial charge in [0, 0.05) is 17.5 Å². The first-order valence-electron chi connectivity index (χ1n) is 7.28. The zero-order valence-electron chi connectivity index (χ0n) is 12.6. The van der Waals surface area contributed by atoms with Crippen molar-refractivity contribution in [3.63, 3.8) is 0 Å². The van der Waals surface area contributed by atoms with E-state index in [1.165, 1.54) is 16.2 Å². The first kappa shape index (κ1) is 15.5. The molecule has 120 valence electrons. The predicted molar refractivity (Wildman–Crippen MR) is 86.3 cm³/mol. The average Bonchev–Trinajstić information content (AvgIpc) is 3.14. The minimum Gasteiger partial charge on any atom is -0.487 e. The fourth-order valence-electron chi connectivity index (χ4n) is 2.68. The molecule has 23 heavy (non-hydrogen) atoms. The van der Waals surface area contributed by atoms with Gasteiger partial charge in [-0.25, -0.2) is 0 Å². The Hall–Kier alpha value is -2.41. The van der Waals surface area contributed by atoms with Crippen molar-refractivity contribution in [2.75, 3.05) is 6.54 Å². The van der Waals surface area contributed by atoms with E-state index in [0.29, 0.717) is 23.6 Å². The molecule has 0 saturated carbocycles. The number of primary amides is 1. The zero-order chi connectivity index (χ0) is 16.4. The summed E-state index contributed by atoms with van der Waals surface area (Å²) < 4.78 is 5.82. The number of amides is 2. The molecule has 1 aliphatic rings. The number of likely N-dealkylation sites (tertiary alicyclic amines) is 1. The van der Waals surface area contributed by atoms with Crippen LogP contribution in [0, 0.1) is 6.92 Å². The number of carbonyl (C=O) groups excluding carboxylic acids is 2. The van der Waals surface area contributed by atoms with Gasteiger partial charge in [0.25, 0.3) is 5.91 Å². The maximum atomic E-state index is 12.6. The van der Waals surface area contributed by atoms with Crippen molar-refractivity contribution < 1.29 is 14.3 Å². The Kier molecular flexibility index (Phi) is 4.29. The van der Waals surface area contributed by atoms with Crippen molar-refractivity contribution in [1.29, 1.82) is 0 Å². The molecule has 0 aliphatic carbocycles. The molecule has 0 spiro atoms. The fourth-order valence-corrected chi connectivity index (χ4v) is 3.50. The van der Waals surface area contributed by atoms with E-state index in [4.69, 9.17) is 10.5 Å². The molecular formula is C16H17N3O3S. The van der Waals surface area contributed by atoms with E-state index >= 15 is 0 Å². The highest BCUT2D eigenvalue weighted by Gasteiger charge is 2.40. The highest BCUT2D eigenvalue weighted by molar-refractivity contribution is 7.13. The van der Waals surface area contributed by atoms with E-state index < -0.39 is 11.9 Å². The lowest BCUT2D eigenvalue weighted by atomic mass is 10.2. The Balaban J connectivity index is 1.76. The van der Waals surface area contributed by atoms with Gasteiger partial charge in [0.05, 0.1) is 17.6 Å². The second-order valence-corrected chi connectivity index (χ2v) is 6.74. The molecule has 6 nitrogen and oxygen atoms in total. The van der Waals surface area contributed by atoms with Gasteiger partial charge in [0.15, 0.2) is 0 Å². The molecule has 2 aromatic rings. The Labute approximate surface area is 137 Å². The summed E-state index contributed by atoms with van der Waals surface area (Å²) in [5.41, 5.74) is 5.47. The Bertz CT molecular complexity index is 716. The summed E-state index contributed by atoms with van der Waals surface area (Å²) in [6.07, 6.45) is 3.37. The molecule has 0 unspecified atom stereocenters. The molecule has 1 aliphatic heterocycles. The summed E-state index contributed by atoms with van der Waals surface area (Å²) in [5.74, 6) is -0.0740. The highest BCUT2D eigenvalue weighted by Crippen LogP contribution is 2.26. The Morgan fingerprint density at radius 3 is 2.83 bits per heavy atom. The maximum Gasteiger partial charge on any atom is 0.264 e. The smallest absolute Gasteiger partial charge is 0.264 e. The third-order valence-electron chi connectivity index (χ3n) is 3.74. The number of pyridine rings is 1. The van der Waals surface area contributed by atoms with E-state index in [9.17, 15) is 9.59 Å². The molecule has 0 bridgehead atoms. The summed E-state index contributed by atoms with van der Waals surface area (Å²) >= 11 is 1.41. The van der Waals surface area contributed by atoms with Gasteiger partial charge in [0.2, 0.25) is 5.91 Å². The second-order valence-electron chi connectivity index (χ2n) is 5.45. The molecule has 3 rings (SSSR count). The minimum atomic E-state index is -0.647. The number of thiophene rings is 1. The number of aromatic nitrogens is 1. The van der Waals surface area contributed by atoms with Gasteiger partial charge in [0.1, 0.15) is 17.9 Å². The van der Waals surface area contributed by atoms with Crippen LogP contribution in [0.5, 0.6) is 5.75 Å². The van der Waals surface area contributed by atoms with E-state index in [0.717, 1.165) is 4.88 Å². The number of nitrogens with zero attached hydrogens (tertiary/aromatic N) is 2. The highest BCUT2D eigenvalue weighted by atomic mass is 32.1. The normalized spacial score (nSPS) is 20.5. The number of hydrogen-bond donors (Lipinski definition) is 1. The lowest BCUT2D eigenvalue weighted by Gasteiger charge is -2.21. The molecule has 0 aromatic carbocycles. The minimum absolute atomic E-state index is 0.177. The third-order valence-corrected chi connectivity index (χ3v) is 4.73. The molecule has 0 radical (unpaired) electrons. The molecule has 1 fully saturated rings. The quantitative estimate of drug-likeness (QED) is 0.922. The molecular weight excluding hydrogens is 314 g/mol. The molecule has 2 atom stereocenters. The standard InChI is InChI=1S/C16H17N3O3S/c1-10-4-5-14(23-10)16(21)19-9-12(7-13(19)15(17)20)22-11-3-2-6-18-8-11/h2-6,8,12-13H,7,9H2,1H3,(H2,17,20)/t12-,13-/m0/s1. The fraction of sp³-hybridized carbons (Fsp3) is 0.312. The molecule has 3 heterocycles. The molecule has 2 amide bonds. The largest absolute Gasteiger partial charge is 0.487 e. The van der Waals surface area contributed by atoms with Gasteiger partial charge < -0.3 is 15.4 Å². The topological polar surface area (TPSA) is 85.5 Å². The van der Waals surface area contributed by atoms with Gasteiger partial charge in [-0.15, -0.1) is 11.3 Å². The van der Waals surface area contributed by atoms with Gasteiger partial charge >= 0.3 is 0 Å². The van der Waals surface area contributed by atoms with Crippen molar-refractivity contribution in [2.45, 2.75) is 25.5 Å². The molecule has 1 saturated heterocycles. The summed E-state index contributed by atoms with van der Waals surface area (Å²) in [6, 6.07) is 6.57. The lowest BCUT2D eigenvalue weighted by Crippen LogP contribution is -2.43. The lowest BCUT2D eigenvalue weighted by molar-refractivity contribution is -0.121. The van der Waals surface area contributed by atoms with Crippen LogP contribution in [-0.2, 0) is 4.79 Å². The van der Waals surface area contributed by atoms with Crippen LogP contribution in [-0.4, -0.2) is 40.4 Å². The number of hydrogen-bond acceptors (Lipinski definition) is 5. The second kappa shape index (κ2) is 6.37. The SMILES string of the molecule is Cc1ccc(C(=O)N2C[C@@H](Oc3cccnc3)C[C@H]2C(N)=O)s1. The van der Waals surface area contributed by atoms with Crippen molar-refractivity contribution in [1.82, 2.24) is 9.88 Å². The van der Waals surface area contributed by atoms with Crippen LogP contribution in [0.3, 0.4) is 0 Å². The summed E-state index contributed by atoms with van der Waals surface area (Å²) in [5, 5.41) is 0. The molecule has 2 aromatic heterocycles. The zero-order valence-corrected chi connectivity index (χ0v) is 13.5. The first-order valence-corrected chi connectivity index (χ1v) is 8.09. The summed E-state index contributed by atoms with van der Waals surface area (Å²) in [7, 11) is 0. The van der Waals surface area contributed by atoms with E-state index in [1.807, 2.05) is 13.0 Å². The van der Waals surface area contributed by atoms with E-state index in [-0.39, 0.29) is 12.0 Å². The Morgan fingerprint density at radius 2 is 2.22 bits per heavy atom. The molecule has 2 N–H and O–H groups in total. The summed E-state index contributed by atoms with van der Waals surface area (Å²) in [6.45, 7) is 2.27. The van der Waals surface area contributed by atoms with Crippen LogP contribution in [0.25, 0.3) is 0 Å². The van der Waals surface area contributed by atoms with Crippen LogP contribution >= 0.6 is 11.3 Å². The van der Waals surface area contributed by atoms with E-state index in [2.05, 4.69) is 4.98 Å². The van der Waals surface area contributed by atoms with Gasteiger partial charge in [-0.1, -0.05) is 0 Å². The number of rotatable bonds is 4. The van der Waals surface area contributed by atoms with Crippen molar-refractivity contribution in [3.05, 3.63) is 46.4 Å². The van der Waals surface area contributed by atoms with Crippen LogP contribution in [0.4, 0.5) is 0 Å². The molecule has 7 heteroatoms. The predicted octanol–water partition coefficient (Wildman–Crippen LogP) is 1.60. The van der Waals surface area contributed by atoms with Crippen LogP contribution < -0.4 is 10.5 Å². The number of aryl methyl sites for hydroxylation is 1. The third kappa shape index (κ3) is 3.34. The van der Waals surface area contributed by atoms with Crippen molar-refractivity contribution in [3.8, 4) is 5.75 Å². The number of ether oxygens (including phenoxy) is 1.